The Morgan fingerprint density at radius 1 is 1.11 bits per heavy atom. The number of pyridine rings is 1. The minimum Gasteiger partial charge on any atom is -0.282 e. The van der Waals surface area contributed by atoms with E-state index in [1.165, 1.54) is 39.6 Å². The summed E-state index contributed by atoms with van der Waals surface area (Å²) < 4.78 is 14.6. The molecule has 142 valence electrons. The van der Waals surface area contributed by atoms with Gasteiger partial charge >= 0.3 is 6.03 Å². The Labute approximate surface area is 159 Å². The Morgan fingerprint density at radius 3 is 2.54 bits per heavy atom. The van der Waals surface area contributed by atoms with Gasteiger partial charge in [-0.15, -0.1) is 0 Å². The van der Waals surface area contributed by atoms with Gasteiger partial charge in [0.25, 0.3) is 11.5 Å². The van der Waals surface area contributed by atoms with Crippen LogP contribution in [-0.2, 0) is 11.3 Å². The predicted molar refractivity (Wildman–Crippen MR) is 100 cm³/mol. The highest BCUT2D eigenvalue weighted by Crippen LogP contribution is 2.27. The predicted octanol–water partition coefficient (Wildman–Crippen LogP) is 2.50. The highest BCUT2D eigenvalue weighted by molar-refractivity contribution is 6.13. The van der Waals surface area contributed by atoms with E-state index < -0.39 is 23.8 Å². The molecular formula is C20H17FN4O3. The highest BCUT2D eigenvalue weighted by Gasteiger charge is 2.43. The second kappa shape index (κ2) is 6.56. The largest absolute Gasteiger partial charge is 0.332 e. The number of imide groups is 1. The SMILES string of the molecule is Cc1cccn2c(=O)cc(CN3C(=O)[C@@H](C)N(c4ccc(F)cc4)C3=O)nc12. The number of benzene rings is 1. The van der Waals surface area contributed by atoms with Crippen molar-refractivity contribution >= 4 is 23.3 Å². The highest BCUT2D eigenvalue weighted by atomic mass is 19.1. The smallest absolute Gasteiger partial charge is 0.282 e. The van der Waals surface area contributed by atoms with Crippen LogP contribution in [0.4, 0.5) is 14.9 Å². The van der Waals surface area contributed by atoms with Crippen molar-refractivity contribution in [3.63, 3.8) is 0 Å². The fourth-order valence-electron chi connectivity index (χ4n) is 3.36. The summed E-state index contributed by atoms with van der Waals surface area (Å²) in [5.41, 5.74) is 1.76. The first-order valence-corrected chi connectivity index (χ1v) is 8.75. The molecule has 2 aromatic heterocycles. The van der Waals surface area contributed by atoms with E-state index in [9.17, 15) is 18.8 Å². The van der Waals surface area contributed by atoms with Crippen LogP contribution in [-0.4, -0.2) is 32.3 Å². The van der Waals surface area contributed by atoms with Crippen LogP contribution < -0.4 is 10.5 Å². The quantitative estimate of drug-likeness (QED) is 0.655. The van der Waals surface area contributed by atoms with Gasteiger partial charge in [-0.05, 0) is 49.7 Å². The topological polar surface area (TPSA) is 75.0 Å². The molecule has 3 heterocycles. The Morgan fingerprint density at radius 2 is 1.82 bits per heavy atom. The van der Waals surface area contributed by atoms with Crippen molar-refractivity contribution in [1.29, 1.82) is 0 Å². The summed E-state index contributed by atoms with van der Waals surface area (Å²) in [4.78, 5) is 44.7. The van der Waals surface area contributed by atoms with Crippen LogP contribution in [0.3, 0.4) is 0 Å². The first-order valence-electron chi connectivity index (χ1n) is 8.75. The molecule has 28 heavy (non-hydrogen) atoms. The van der Waals surface area contributed by atoms with E-state index in [2.05, 4.69) is 4.98 Å². The zero-order valence-corrected chi connectivity index (χ0v) is 15.3. The number of hydrogen-bond acceptors (Lipinski definition) is 4. The van der Waals surface area contributed by atoms with Gasteiger partial charge in [0.05, 0.1) is 12.2 Å². The number of amides is 3. The molecule has 1 saturated heterocycles. The molecule has 8 heteroatoms. The van der Waals surface area contributed by atoms with Gasteiger partial charge in [0.1, 0.15) is 17.5 Å². The fourth-order valence-corrected chi connectivity index (χ4v) is 3.36. The van der Waals surface area contributed by atoms with Gasteiger partial charge in [-0.1, -0.05) is 6.07 Å². The molecule has 0 aliphatic carbocycles. The number of halogens is 1. The molecule has 0 saturated carbocycles. The van der Waals surface area contributed by atoms with E-state index in [4.69, 9.17) is 0 Å². The molecule has 1 aliphatic heterocycles. The van der Waals surface area contributed by atoms with Gasteiger partial charge in [0.15, 0.2) is 0 Å². The average Bonchev–Trinajstić information content (AvgIpc) is 2.87. The lowest BCUT2D eigenvalue weighted by Crippen LogP contribution is -2.34. The monoisotopic (exact) mass is 380 g/mol. The summed E-state index contributed by atoms with van der Waals surface area (Å²) in [6.45, 7) is 3.33. The summed E-state index contributed by atoms with van der Waals surface area (Å²) in [5, 5.41) is 0. The van der Waals surface area contributed by atoms with E-state index in [1.54, 1.807) is 19.2 Å². The standard InChI is InChI=1S/C20H17FN4O3/c1-12-4-3-9-23-17(26)10-15(22-18(12)23)11-24-19(27)13(2)25(20(24)28)16-7-5-14(21)6-8-16/h3-10,13H,11H2,1-2H3/t13-/m1/s1. The molecule has 0 spiro atoms. The van der Waals surface area contributed by atoms with Crippen molar-refractivity contribution in [2.24, 2.45) is 0 Å². The van der Waals surface area contributed by atoms with Gasteiger partial charge in [-0.2, -0.15) is 0 Å². The second-order valence-electron chi connectivity index (χ2n) is 6.70. The molecule has 7 nitrogen and oxygen atoms in total. The third-order valence-electron chi connectivity index (χ3n) is 4.81. The van der Waals surface area contributed by atoms with Crippen LogP contribution in [0.5, 0.6) is 0 Å². The van der Waals surface area contributed by atoms with Crippen LogP contribution in [0.25, 0.3) is 5.65 Å². The summed E-state index contributed by atoms with van der Waals surface area (Å²) in [6, 6.07) is 9.00. The van der Waals surface area contributed by atoms with E-state index in [0.717, 1.165) is 10.5 Å². The number of urea groups is 1. The molecule has 1 atom stereocenters. The molecule has 1 fully saturated rings. The van der Waals surface area contributed by atoms with Crippen molar-refractivity contribution in [1.82, 2.24) is 14.3 Å². The molecule has 0 unspecified atom stereocenters. The molecule has 1 aliphatic rings. The van der Waals surface area contributed by atoms with E-state index in [0.29, 0.717) is 17.0 Å². The Bertz CT molecular complexity index is 1160. The zero-order chi connectivity index (χ0) is 20.0. The minimum absolute atomic E-state index is 0.111. The van der Waals surface area contributed by atoms with E-state index >= 15 is 0 Å². The number of nitrogens with zero attached hydrogens (tertiary/aromatic N) is 4. The van der Waals surface area contributed by atoms with Crippen molar-refractivity contribution in [3.8, 4) is 0 Å². The Kier molecular flexibility index (Phi) is 4.18. The van der Waals surface area contributed by atoms with Gasteiger partial charge in [-0.3, -0.25) is 23.8 Å². The summed E-state index contributed by atoms with van der Waals surface area (Å²) in [5.74, 6) is -0.830. The first kappa shape index (κ1) is 17.8. The number of aromatic nitrogens is 2. The van der Waals surface area contributed by atoms with Crippen LogP contribution in [0.15, 0.2) is 53.5 Å². The number of carbonyl (C=O) groups is 2. The fraction of sp³-hybridized carbons (Fsp3) is 0.200. The second-order valence-corrected chi connectivity index (χ2v) is 6.70. The van der Waals surface area contributed by atoms with Gasteiger partial charge < -0.3 is 0 Å². The van der Waals surface area contributed by atoms with Crippen molar-refractivity contribution in [2.75, 3.05) is 4.90 Å². The van der Waals surface area contributed by atoms with Crippen LogP contribution in [0.1, 0.15) is 18.2 Å². The summed E-state index contributed by atoms with van der Waals surface area (Å²) in [7, 11) is 0. The van der Waals surface area contributed by atoms with Gasteiger partial charge in [0.2, 0.25) is 0 Å². The maximum Gasteiger partial charge on any atom is 0.332 e. The maximum atomic E-state index is 13.2. The molecule has 0 radical (unpaired) electrons. The van der Waals surface area contributed by atoms with Gasteiger partial charge in [0, 0.05) is 18.0 Å². The van der Waals surface area contributed by atoms with Crippen LogP contribution in [0, 0.1) is 12.7 Å². The Balaban J connectivity index is 1.68. The first-order chi connectivity index (χ1) is 13.4. The normalized spacial score (nSPS) is 17.0. The lowest BCUT2D eigenvalue weighted by molar-refractivity contribution is -0.127. The minimum atomic E-state index is -0.735. The molecule has 0 bridgehead atoms. The summed E-state index contributed by atoms with van der Waals surface area (Å²) >= 11 is 0. The Hall–Kier alpha value is -3.55. The van der Waals surface area contributed by atoms with Crippen LogP contribution in [0.2, 0.25) is 0 Å². The van der Waals surface area contributed by atoms with E-state index in [-0.39, 0.29) is 12.1 Å². The van der Waals surface area contributed by atoms with Crippen LogP contribution >= 0.6 is 0 Å². The molecule has 3 amide bonds. The summed E-state index contributed by atoms with van der Waals surface area (Å²) in [6.07, 6.45) is 1.62. The molecular weight excluding hydrogens is 363 g/mol. The number of hydrogen-bond donors (Lipinski definition) is 0. The lowest BCUT2D eigenvalue weighted by atomic mass is 10.2. The van der Waals surface area contributed by atoms with Crippen molar-refractivity contribution < 1.29 is 14.0 Å². The maximum absolute atomic E-state index is 13.2. The van der Waals surface area contributed by atoms with Crippen molar-refractivity contribution in [3.05, 3.63) is 76.1 Å². The van der Waals surface area contributed by atoms with E-state index in [1.807, 2.05) is 13.0 Å². The third-order valence-corrected chi connectivity index (χ3v) is 4.81. The third kappa shape index (κ3) is 2.83. The molecule has 4 rings (SSSR count). The molecule has 0 N–H and O–H groups in total. The lowest BCUT2D eigenvalue weighted by Gasteiger charge is -2.19. The molecule has 1 aromatic carbocycles. The number of aryl methyl sites for hydroxylation is 1. The van der Waals surface area contributed by atoms with Crippen molar-refractivity contribution in [2.45, 2.75) is 26.4 Å². The number of rotatable bonds is 3. The zero-order valence-electron chi connectivity index (χ0n) is 15.3. The molecule has 3 aromatic rings. The number of fused-ring (bicyclic) bond motifs is 1. The number of carbonyl (C=O) groups excluding carboxylic acids is 2. The van der Waals surface area contributed by atoms with Gasteiger partial charge in [-0.25, -0.2) is 14.2 Å². The average molecular weight is 380 g/mol. The number of anilines is 1.